The molecule has 3 rings (SSSR count). The molecule has 0 aromatic heterocycles. The summed E-state index contributed by atoms with van der Waals surface area (Å²) < 4.78 is 0. The zero-order valence-corrected chi connectivity index (χ0v) is 18.1. The second kappa shape index (κ2) is 12.9. The summed E-state index contributed by atoms with van der Waals surface area (Å²) in [4.78, 5) is 23.5. The van der Waals surface area contributed by atoms with Crippen LogP contribution in [0.25, 0.3) is 0 Å². The maximum absolute atomic E-state index is 12.2. The minimum atomic E-state index is -0.0114. The van der Waals surface area contributed by atoms with E-state index in [-0.39, 0.29) is 17.9 Å². The van der Waals surface area contributed by atoms with E-state index in [4.69, 9.17) is 17.3 Å². The SMILES string of the molecule is C#C.CC.NC1=C(CC(=O)NCc2ccc(Cl)cc2)CC(CC2CCC(=O)N2)C1. The Hall–Kier alpha value is -2.45. The van der Waals surface area contributed by atoms with Crippen LogP contribution in [0.4, 0.5) is 0 Å². The second-order valence-electron chi connectivity index (χ2n) is 7.02. The van der Waals surface area contributed by atoms with Crippen LogP contribution in [0.1, 0.15) is 57.9 Å². The summed E-state index contributed by atoms with van der Waals surface area (Å²) in [6, 6.07) is 7.69. The van der Waals surface area contributed by atoms with Crippen LogP contribution in [0, 0.1) is 18.8 Å². The number of carbonyl (C=O) groups excluding carboxylic acids is 2. The highest BCUT2D eigenvalue weighted by molar-refractivity contribution is 6.30. The van der Waals surface area contributed by atoms with Gasteiger partial charge in [-0.15, -0.1) is 12.8 Å². The molecule has 0 saturated carbocycles. The highest BCUT2D eigenvalue weighted by Gasteiger charge is 2.29. The predicted molar refractivity (Wildman–Crippen MR) is 119 cm³/mol. The molecule has 1 fully saturated rings. The lowest BCUT2D eigenvalue weighted by atomic mass is 9.95. The van der Waals surface area contributed by atoms with Gasteiger partial charge in [-0.25, -0.2) is 0 Å². The first-order valence-corrected chi connectivity index (χ1v) is 10.5. The van der Waals surface area contributed by atoms with Crippen molar-refractivity contribution in [3.05, 3.63) is 46.1 Å². The summed E-state index contributed by atoms with van der Waals surface area (Å²) in [5.41, 5.74) is 9.04. The zero-order chi connectivity index (χ0) is 21.8. The first kappa shape index (κ1) is 24.6. The molecule has 1 aliphatic heterocycles. The number of terminal acetylenes is 1. The Bertz CT molecular complexity index is 725. The summed E-state index contributed by atoms with van der Waals surface area (Å²) in [7, 11) is 0. The third kappa shape index (κ3) is 8.21. The van der Waals surface area contributed by atoms with Gasteiger partial charge in [0.05, 0.1) is 0 Å². The molecule has 158 valence electrons. The molecular formula is C23H32ClN3O2. The Kier molecular flexibility index (Phi) is 10.9. The molecule has 2 unspecified atom stereocenters. The molecule has 29 heavy (non-hydrogen) atoms. The third-order valence-electron chi connectivity index (χ3n) is 4.98. The van der Waals surface area contributed by atoms with E-state index in [2.05, 4.69) is 23.5 Å². The molecule has 0 spiro atoms. The molecule has 1 saturated heterocycles. The zero-order valence-electron chi connectivity index (χ0n) is 17.3. The summed E-state index contributed by atoms with van der Waals surface area (Å²) in [6.07, 6.45) is 12.5. The summed E-state index contributed by atoms with van der Waals surface area (Å²) in [5.74, 6) is 0.566. The van der Waals surface area contributed by atoms with Crippen molar-refractivity contribution in [2.45, 2.75) is 65.0 Å². The van der Waals surface area contributed by atoms with E-state index in [1.54, 1.807) is 0 Å². The van der Waals surface area contributed by atoms with Gasteiger partial charge in [0, 0.05) is 36.1 Å². The average molecular weight is 418 g/mol. The van der Waals surface area contributed by atoms with E-state index in [9.17, 15) is 9.59 Å². The maximum Gasteiger partial charge on any atom is 0.224 e. The number of nitrogens with one attached hydrogen (secondary N) is 2. The average Bonchev–Trinajstić information content (AvgIpc) is 3.29. The molecule has 2 atom stereocenters. The first-order chi connectivity index (χ1) is 14.0. The lowest BCUT2D eigenvalue weighted by molar-refractivity contribution is -0.121. The van der Waals surface area contributed by atoms with Crippen LogP contribution in [-0.4, -0.2) is 17.9 Å². The Balaban J connectivity index is 0.000000989. The van der Waals surface area contributed by atoms with Gasteiger partial charge < -0.3 is 16.4 Å². The highest BCUT2D eigenvalue weighted by Crippen LogP contribution is 2.34. The van der Waals surface area contributed by atoms with Crippen LogP contribution in [0.3, 0.4) is 0 Å². The van der Waals surface area contributed by atoms with E-state index in [0.29, 0.717) is 30.3 Å². The van der Waals surface area contributed by atoms with E-state index >= 15 is 0 Å². The number of carbonyl (C=O) groups is 2. The highest BCUT2D eigenvalue weighted by atomic mass is 35.5. The minimum Gasteiger partial charge on any atom is -0.402 e. The Labute approximate surface area is 179 Å². The smallest absolute Gasteiger partial charge is 0.224 e. The van der Waals surface area contributed by atoms with E-state index in [1.165, 1.54) is 0 Å². The molecule has 1 aliphatic carbocycles. The molecule has 6 heteroatoms. The van der Waals surface area contributed by atoms with E-state index < -0.39 is 0 Å². The van der Waals surface area contributed by atoms with Crippen molar-refractivity contribution in [2.75, 3.05) is 0 Å². The molecule has 1 heterocycles. The van der Waals surface area contributed by atoms with Crippen molar-refractivity contribution >= 4 is 23.4 Å². The molecule has 5 nitrogen and oxygen atoms in total. The molecule has 4 N–H and O–H groups in total. The van der Waals surface area contributed by atoms with E-state index in [1.807, 2.05) is 38.1 Å². The van der Waals surface area contributed by atoms with Gasteiger partial charge in [-0.05, 0) is 54.9 Å². The lowest BCUT2D eigenvalue weighted by Crippen LogP contribution is -2.27. The Morgan fingerprint density at radius 2 is 1.90 bits per heavy atom. The summed E-state index contributed by atoms with van der Waals surface area (Å²) in [6.45, 7) is 4.49. The molecule has 1 aromatic rings. The van der Waals surface area contributed by atoms with Crippen molar-refractivity contribution in [1.29, 1.82) is 0 Å². The normalized spacial score (nSPS) is 20.1. The third-order valence-corrected chi connectivity index (χ3v) is 5.23. The van der Waals surface area contributed by atoms with Crippen molar-refractivity contribution < 1.29 is 9.59 Å². The maximum atomic E-state index is 12.2. The van der Waals surface area contributed by atoms with Crippen LogP contribution in [0.15, 0.2) is 35.5 Å². The standard InChI is InChI=1S/C19H24ClN3O2.C2H6.C2H2/c20-15-3-1-12(2-4-15)11-22-19(25)10-14-7-13(9-17(14)21)8-16-5-6-18(24)23-16;2*1-2/h1-4,13,16H,5-11,21H2,(H,22,25)(H,23,24);1-2H3;1-2H. The number of nitrogens with two attached hydrogens (primary N) is 1. The van der Waals surface area contributed by atoms with Gasteiger partial charge in [0.25, 0.3) is 0 Å². The number of rotatable bonds is 6. The Morgan fingerprint density at radius 1 is 1.24 bits per heavy atom. The minimum absolute atomic E-state index is 0.0114. The summed E-state index contributed by atoms with van der Waals surface area (Å²) >= 11 is 5.86. The van der Waals surface area contributed by atoms with Crippen LogP contribution in [0.5, 0.6) is 0 Å². The first-order valence-electron chi connectivity index (χ1n) is 10.1. The quantitative estimate of drug-likeness (QED) is 0.613. The van der Waals surface area contributed by atoms with Gasteiger partial charge in [-0.1, -0.05) is 37.6 Å². The van der Waals surface area contributed by atoms with Crippen LogP contribution >= 0.6 is 11.6 Å². The monoisotopic (exact) mass is 417 g/mol. The number of benzene rings is 1. The number of hydrogen-bond donors (Lipinski definition) is 3. The molecule has 0 bridgehead atoms. The van der Waals surface area contributed by atoms with Gasteiger partial charge in [0.1, 0.15) is 0 Å². The molecule has 2 aliphatic rings. The van der Waals surface area contributed by atoms with Gasteiger partial charge in [-0.3, -0.25) is 9.59 Å². The summed E-state index contributed by atoms with van der Waals surface area (Å²) in [5, 5.41) is 6.62. The van der Waals surface area contributed by atoms with Crippen LogP contribution < -0.4 is 16.4 Å². The topological polar surface area (TPSA) is 84.2 Å². The molecule has 1 aromatic carbocycles. The second-order valence-corrected chi connectivity index (χ2v) is 7.46. The largest absolute Gasteiger partial charge is 0.402 e. The van der Waals surface area contributed by atoms with Crippen molar-refractivity contribution in [2.24, 2.45) is 11.7 Å². The Morgan fingerprint density at radius 3 is 2.48 bits per heavy atom. The van der Waals surface area contributed by atoms with Crippen molar-refractivity contribution in [3.8, 4) is 12.8 Å². The van der Waals surface area contributed by atoms with Crippen LogP contribution in [0.2, 0.25) is 5.02 Å². The van der Waals surface area contributed by atoms with Gasteiger partial charge in [-0.2, -0.15) is 0 Å². The molecular weight excluding hydrogens is 386 g/mol. The van der Waals surface area contributed by atoms with Crippen LogP contribution in [-0.2, 0) is 16.1 Å². The van der Waals surface area contributed by atoms with Gasteiger partial charge in [0.15, 0.2) is 0 Å². The van der Waals surface area contributed by atoms with Gasteiger partial charge in [0.2, 0.25) is 11.8 Å². The fourth-order valence-corrected chi connectivity index (χ4v) is 3.80. The fourth-order valence-electron chi connectivity index (χ4n) is 3.68. The van der Waals surface area contributed by atoms with Gasteiger partial charge >= 0.3 is 0 Å². The van der Waals surface area contributed by atoms with E-state index in [0.717, 1.165) is 42.5 Å². The molecule has 0 radical (unpaired) electrons. The van der Waals surface area contributed by atoms with Crippen molar-refractivity contribution in [1.82, 2.24) is 10.6 Å². The fraction of sp³-hybridized carbons (Fsp3) is 0.478. The van der Waals surface area contributed by atoms with Crippen molar-refractivity contribution in [3.63, 3.8) is 0 Å². The number of halogens is 1. The number of amides is 2. The molecule has 2 amide bonds. The lowest BCUT2D eigenvalue weighted by Gasteiger charge is -2.15. The number of hydrogen-bond acceptors (Lipinski definition) is 3. The number of allylic oxidation sites excluding steroid dienone is 1. The predicted octanol–water partition coefficient (Wildman–Crippen LogP) is 3.91.